The van der Waals surface area contributed by atoms with Crippen LogP contribution in [0, 0.1) is 13.8 Å². The fraction of sp³-hybridized carbons (Fsp3) is 0.625. The van der Waals surface area contributed by atoms with Crippen molar-refractivity contribution in [3.8, 4) is 0 Å². The largest absolute Gasteiger partial charge is 0.271 e. The van der Waals surface area contributed by atoms with Crippen LogP contribution in [0.15, 0.2) is 18.2 Å². The molecule has 20 heavy (non-hydrogen) atoms. The van der Waals surface area contributed by atoms with E-state index in [1.165, 1.54) is 22.4 Å². The summed E-state index contributed by atoms with van der Waals surface area (Å²) >= 11 is 4.18. The summed E-state index contributed by atoms with van der Waals surface area (Å²) in [5.41, 5.74) is 7.28. The van der Waals surface area contributed by atoms with Gasteiger partial charge in [-0.2, -0.15) is 23.5 Å². The number of hydrogen-bond acceptors (Lipinski definition) is 4. The summed E-state index contributed by atoms with van der Waals surface area (Å²) in [6.45, 7) is 9.06. The van der Waals surface area contributed by atoms with Gasteiger partial charge < -0.3 is 0 Å². The van der Waals surface area contributed by atoms with Crippen molar-refractivity contribution >= 4 is 23.5 Å². The molecule has 1 heterocycles. The van der Waals surface area contributed by atoms with Crippen LogP contribution in [0.2, 0.25) is 0 Å². The van der Waals surface area contributed by atoms with Crippen LogP contribution < -0.4 is 11.3 Å². The van der Waals surface area contributed by atoms with Crippen LogP contribution in [0.25, 0.3) is 0 Å². The van der Waals surface area contributed by atoms with Gasteiger partial charge >= 0.3 is 0 Å². The Kier molecular flexibility index (Phi) is 5.84. The van der Waals surface area contributed by atoms with E-state index in [0.717, 1.165) is 11.7 Å². The molecule has 2 nitrogen and oxygen atoms in total. The first-order valence-corrected chi connectivity index (χ1v) is 9.30. The average molecular weight is 311 g/mol. The maximum atomic E-state index is 5.86. The zero-order valence-corrected chi connectivity index (χ0v) is 14.5. The molecule has 0 radical (unpaired) electrons. The molecule has 4 atom stereocenters. The highest BCUT2D eigenvalue weighted by molar-refractivity contribution is 8.07. The van der Waals surface area contributed by atoms with Gasteiger partial charge in [0.1, 0.15) is 0 Å². The summed E-state index contributed by atoms with van der Waals surface area (Å²) in [5, 5.41) is 2.04. The van der Waals surface area contributed by atoms with Gasteiger partial charge in [-0.15, -0.1) is 0 Å². The Hall–Kier alpha value is -0.160. The van der Waals surface area contributed by atoms with Gasteiger partial charge in [-0.05, 0) is 37.0 Å². The first kappa shape index (κ1) is 16.2. The molecule has 0 saturated carbocycles. The van der Waals surface area contributed by atoms with E-state index < -0.39 is 0 Å². The van der Waals surface area contributed by atoms with Gasteiger partial charge in [-0.1, -0.05) is 32.0 Å². The van der Waals surface area contributed by atoms with Crippen molar-refractivity contribution < 1.29 is 0 Å². The van der Waals surface area contributed by atoms with Gasteiger partial charge in [0.25, 0.3) is 0 Å². The highest BCUT2D eigenvalue weighted by Crippen LogP contribution is 2.37. The predicted molar refractivity (Wildman–Crippen MR) is 93.5 cm³/mol. The SMILES string of the molecule is Cc1cccc(C)c1CC(NN)C1CSC(C)C(C)S1. The lowest BCUT2D eigenvalue weighted by atomic mass is 9.95. The Bertz CT molecular complexity index is 430. The summed E-state index contributed by atoms with van der Waals surface area (Å²) in [7, 11) is 0. The van der Waals surface area contributed by atoms with Gasteiger partial charge in [0.05, 0.1) is 0 Å². The van der Waals surface area contributed by atoms with Gasteiger partial charge in [-0.25, -0.2) is 0 Å². The molecule has 1 aromatic rings. The van der Waals surface area contributed by atoms with Gasteiger partial charge in [-0.3, -0.25) is 11.3 Å². The number of nitrogens with one attached hydrogen (secondary N) is 1. The third kappa shape index (κ3) is 3.73. The van der Waals surface area contributed by atoms with Crippen molar-refractivity contribution in [1.29, 1.82) is 0 Å². The minimum Gasteiger partial charge on any atom is -0.271 e. The first-order valence-electron chi connectivity index (χ1n) is 7.31. The maximum Gasteiger partial charge on any atom is 0.0378 e. The molecular weight excluding hydrogens is 284 g/mol. The fourth-order valence-corrected chi connectivity index (χ4v) is 5.82. The van der Waals surface area contributed by atoms with E-state index >= 15 is 0 Å². The Labute approximate surface area is 131 Å². The second-order valence-electron chi connectivity index (χ2n) is 5.77. The van der Waals surface area contributed by atoms with E-state index in [9.17, 15) is 0 Å². The van der Waals surface area contributed by atoms with E-state index in [-0.39, 0.29) is 0 Å². The van der Waals surface area contributed by atoms with Crippen molar-refractivity contribution in [2.45, 2.75) is 55.9 Å². The Balaban J connectivity index is 2.09. The van der Waals surface area contributed by atoms with Gasteiger partial charge in [0, 0.05) is 27.5 Å². The minimum atomic E-state index is 0.349. The van der Waals surface area contributed by atoms with Crippen molar-refractivity contribution in [2.75, 3.05) is 5.75 Å². The maximum absolute atomic E-state index is 5.86. The van der Waals surface area contributed by atoms with Crippen molar-refractivity contribution in [3.63, 3.8) is 0 Å². The quantitative estimate of drug-likeness (QED) is 0.661. The summed E-state index contributed by atoms with van der Waals surface area (Å²) in [6.07, 6.45) is 1.02. The molecular formula is C16H26N2S2. The van der Waals surface area contributed by atoms with Crippen LogP contribution in [0.4, 0.5) is 0 Å². The number of benzene rings is 1. The van der Waals surface area contributed by atoms with Crippen LogP contribution in [0.5, 0.6) is 0 Å². The molecule has 112 valence electrons. The molecule has 1 saturated heterocycles. The van der Waals surface area contributed by atoms with Crippen LogP contribution in [0.3, 0.4) is 0 Å². The molecule has 1 aromatic carbocycles. The van der Waals surface area contributed by atoms with Crippen LogP contribution in [-0.4, -0.2) is 27.5 Å². The molecule has 0 bridgehead atoms. The summed E-state index contributed by atoms with van der Waals surface area (Å²) < 4.78 is 0. The van der Waals surface area contributed by atoms with E-state index in [0.29, 0.717) is 16.5 Å². The molecule has 4 unspecified atom stereocenters. The topological polar surface area (TPSA) is 38.0 Å². The molecule has 1 aliphatic heterocycles. The fourth-order valence-electron chi connectivity index (χ4n) is 2.71. The number of rotatable bonds is 4. The van der Waals surface area contributed by atoms with Gasteiger partial charge in [0.2, 0.25) is 0 Å². The average Bonchev–Trinajstić information content (AvgIpc) is 2.42. The predicted octanol–water partition coefficient (Wildman–Crippen LogP) is 3.30. The zero-order chi connectivity index (χ0) is 14.7. The molecule has 0 aromatic heterocycles. The molecule has 1 aliphatic rings. The van der Waals surface area contributed by atoms with Gasteiger partial charge in [0.15, 0.2) is 0 Å². The molecule has 1 fully saturated rings. The van der Waals surface area contributed by atoms with Crippen molar-refractivity contribution in [3.05, 3.63) is 34.9 Å². The van der Waals surface area contributed by atoms with E-state index in [1.54, 1.807) is 0 Å². The van der Waals surface area contributed by atoms with E-state index in [4.69, 9.17) is 5.84 Å². The van der Waals surface area contributed by atoms with Crippen molar-refractivity contribution in [1.82, 2.24) is 5.43 Å². The summed E-state index contributed by atoms with van der Waals surface area (Å²) in [5.74, 6) is 7.05. The lowest BCUT2D eigenvalue weighted by Crippen LogP contribution is -2.48. The molecule has 0 spiro atoms. The van der Waals surface area contributed by atoms with Crippen LogP contribution >= 0.6 is 23.5 Å². The van der Waals surface area contributed by atoms with Crippen molar-refractivity contribution in [2.24, 2.45) is 5.84 Å². The molecule has 0 aliphatic carbocycles. The summed E-state index contributed by atoms with van der Waals surface area (Å²) in [4.78, 5) is 0. The Morgan fingerprint density at radius 1 is 1.25 bits per heavy atom. The second kappa shape index (κ2) is 7.21. The minimum absolute atomic E-state index is 0.349. The summed E-state index contributed by atoms with van der Waals surface area (Å²) in [6, 6.07) is 6.88. The monoisotopic (exact) mass is 310 g/mol. The smallest absolute Gasteiger partial charge is 0.0378 e. The third-order valence-electron chi connectivity index (χ3n) is 4.31. The van der Waals surface area contributed by atoms with E-state index in [1.807, 2.05) is 0 Å². The molecule has 4 heteroatoms. The Morgan fingerprint density at radius 2 is 1.90 bits per heavy atom. The first-order chi connectivity index (χ1) is 9.52. The number of hydrogen-bond donors (Lipinski definition) is 2. The standard InChI is InChI=1S/C16H26N2S2/c1-10-6-5-7-11(2)14(10)8-15(18-17)16-9-19-12(3)13(4)20-16/h5-7,12-13,15-16,18H,8-9,17H2,1-4H3. The number of nitrogens with two attached hydrogens (primary N) is 1. The molecule has 3 N–H and O–H groups in total. The van der Waals surface area contributed by atoms with Crippen LogP contribution in [-0.2, 0) is 6.42 Å². The second-order valence-corrected chi connectivity index (χ2v) is 8.80. The molecule has 2 rings (SSSR count). The normalized spacial score (nSPS) is 28.4. The number of hydrazine groups is 1. The zero-order valence-electron chi connectivity index (χ0n) is 12.8. The van der Waals surface area contributed by atoms with Crippen LogP contribution in [0.1, 0.15) is 30.5 Å². The number of aryl methyl sites for hydroxylation is 2. The highest BCUT2D eigenvalue weighted by Gasteiger charge is 2.31. The number of thioether (sulfide) groups is 2. The van der Waals surface area contributed by atoms with E-state index in [2.05, 4.69) is 74.8 Å². The Morgan fingerprint density at radius 3 is 2.45 bits per heavy atom. The third-order valence-corrected chi connectivity index (χ3v) is 7.86. The molecule has 0 amide bonds. The lowest BCUT2D eigenvalue weighted by molar-refractivity contribution is 0.519. The lowest BCUT2D eigenvalue weighted by Gasteiger charge is -2.36. The highest BCUT2D eigenvalue weighted by atomic mass is 32.2.